The summed E-state index contributed by atoms with van der Waals surface area (Å²) in [6.45, 7) is 4.04. The van der Waals surface area contributed by atoms with Gasteiger partial charge in [-0.3, -0.25) is 4.79 Å². The maximum absolute atomic E-state index is 12.9. The molecular formula is C25H26N2O2. The van der Waals surface area contributed by atoms with Crippen molar-refractivity contribution in [2.24, 2.45) is 0 Å². The lowest BCUT2D eigenvalue weighted by molar-refractivity contribution is 0.102. The van der Waals surface area contributed by atoms with Crippen LogP contribution in [0.25, 0.3) is 11.1 Å². The van der Waals surface area contributed by atoms with Gasteiger partial charge in [-0.2, -0.15) is 0 Å². The first-order valence-corrected chi connectivity index (χ1v) is 10.2. The molecule has 4 rings (SSSR count). The highest BCUT2D eigenvalue weighted by Crippen LogP contribution is 2.28. The molecule has 1 saturated heterocycles. The zero-order valence-corrected chi connectivity index (χ0v) is 16.7. The number of anilines is 2. The topological polar surface area (TPSA) is 52.6 Å². The average molecular weight is 386 g/mol. The van der Waals surface area contributed by atoms with Crippen LogP contribution in [0.1, 0.15) is 35.2 Å². The fourth-order valence-corrected chi connectivity index (χ4v) is 3.85. The summed E-state index contributed by atoms with van der Waals surface area (Å²) in [5, 5.41) is 13.2. The van der Waals surface area contributed by atoms with Gasteiger partial charge in [-0.05, 0) is 67.6 Å². The number of carbonyl (C=O) groups excluding carboxylic acids is 1. The molecule has 1 heterocycles. The van der Waals surface area contributed by atoms with Crippen LogP contribution in [0, 0.1) is 6.92 Å². The summed E-state index contributed by atoms with van der Waals surface area (Å²) in [6.07, 6.45) is 3.57. The monoisotopic (exact) mass is 386 g/mol. The van der Waals surface area contributed by atoms with E-state index in [0.29, 0.717) is 11.3 Å². The number of phenols is 1. The lowest BCUT2D eigenvalue weighted by Crippen LogP contribution is -2.29. The molecule has 1 amide bonds. The number of hydrogen-bond donors (Lipinski definition) is 2. The number of aromatic hydroxyl groups is 1. The first-order chi connectivity index (χ1) is 14.1. The number of benzene rings is 3. The normalized spacial score (nSPS) is 13.9. The molecule has 3 aromatic carbocycles. The molecule has 4 heteroatoms. The molecule has 0 aromatic heterocycles. The quantitative estimate of drug-likeness (QED) is 0.613. The highest BCUT2D eigenvalue weighted by atomic mass is 16.3. The average Bonchev–Trinajstić information content (AvgIpc) is 2.75. The van der Waals surface area contributed by atoms with Crippen LogP contribution >= 0.6 is 0 Å². The molecule has 1 fully saturated rings. The van der Waals surface area contributed by atoms with Crippen LogP contribution in [0.5, 0.6) is 5.75 Å². The predicted octanol–water partition coefficient (Wildman–Crippen LogP) is 5.61. The van der Waals surface area contributed by atoms with Gasteiger partial charge in [0, 0.05) is 24.5 Å². The third-order valence-electron chi connectivity index (χ3n) is 5.42. The van der Waals surface area contributed by atoms with Crippen LogP contribution in [0.15, 0.2) is 66.7 Å². The second kappa shape index (κ2) is 8.39. The van der Waals surface area contributed by atoms with Gasteiger partial charge in [0.2, 0.25) is 0 Å². The Kier molecular flexibility index (Phi) is 5.52. The van der Waals surface area contributed by atoms with Gasteiger partial charge in [0.15, 0.2) is 0 Å². The maximum atomic E-state index is 12.9. The summed E-state index contributed by atoms with van der Waals surface area (Å²) < 4.78 is 0. The lowest BCUT2D eigenvalue weighted by atomic mass is 10.0. The SMILES string of the molecule is Cc1cccc(-c2cccc(NC(=O)c3cc(N4CCCCC4)ccc3O)c2)c1. The van der Waals surface area contributed by atoms with E-state index >= 15 is 0 Å². The van der Waals surface area contributed by atoms with Crippen molar-refractivity contribution in [3.05, 3.63) is 77.9 Å². The molecule has 2 N–H and O–H groups in total. The second-order valence-corrected chi connectivity index (χ2v) is 7.65. The van der Waals surface area contributed by atoms with Crippen LogP contribution in [0.2, 0.25) is 0 Å². The van der Waals surface area contributed by atoms with E-state index in [4.69, 9.17) is 0 Å². The van der Waals surface area contributed by atoms with E-state index in [-0.39, 0.29) is 11.7 Å². The maximum Gasteiger partial charge on any atom is 0.259 e. The number of phenolic OH excluding ortho intramolecular Hbond substituents is 1. The Bertz CT molecular complexity index is 1020. The van der Waals surface area contributed by atoms with Gasteiger partial charge < -0.3 is 15.3 Å². The number of amides is 1. The molecule has 148 valence electrons. The summed E-state index contributed by atoms with van der Waals surface area (Å²) in [4.78, 5) is 15.2. The number of piperidine rings is 1. The van der Waals surface area contributed by atoms with Crippen molar-refractivity contribution < 1.29 is 9.90 Å². The van der Waals surface area contributed by atoms with E-state index in [1.165, 1.54) is 12.0 Å². The predicted molar refractivity (Wildman–Crippen MR) is 119 cm³/mol. The number of rotatable bonds is 4. The van der Waals surface area contributed by atoms with Crippen molar-refractivity contribution >= 4 is 17.3 Å². The van der Waals surface area contributed by atoms with Crippen molar-refractivity contribution in [1.29, 1.82) is 0 Å². The first kappa shape index (κ1) is 19.1. The van der Waals surface area contributed by atoms with Gasteiger partial charge in [-0.15, -0.1) is 0 Å². The van der Waals surface area contributed by atoms with Gasteiger partial charge in [0.25, 0.3) is 5.91 Å². The summed E-state index contributed by atoms with van der Waals surface area (Å²) in [5.74, 6) is -0.305. The summed E-state index contributed by atoms with van der Waals surface area (Å²) >= 11 is 0. The molecule has 29 heavy (non-hydrogen) atoms. The Morgan fingerprint density at radius 2 is 1.62 bits per heavy atom. The van der Waals surface area contributed by atoms with Crippen molar-refractivity contribution in [2.75, 3.05) is 23.3 Å². The van der Waals surface area contributed by atoms with E-state index in [1.54, 1.807) is 12.1 Å². The smallest absolute Gasteiger partial charge is 0.259 e. The van der Waals surface area contributed by atoms with Gasteiger partial charge in [-0.1, -0.05) is 42.0 Å². The van der Waals surface area contributed by atoms with Crippen molar-refractivity contribution in [3.8, 4) is 16.9 Å². The standard InChI is InChI=1S/C25H26N2O2/c1-18-7-5-8-19(15-18)20-9-6-10-21(16-20)26-25(29)23-17-22(11-12-24(23)28)27-13-3-2-4-14-27/h5-12,15-17,28H,2-4,13-14H2,1H3,(H,26,29). The minimum atomic E-state index is -0.303. The van der Waals surface area contributed by atoms with Crippen LogP contribution in [0.3, 0.4) is 0 Å². The van der Waals surface area contributed by atoms with E-state index < -0.39 is 0 Å². The zero-order valence-electron chi connectivity index (χ0n) is 16.7. The van der Waals surface area contributed by atoms with Crippen LogP contribution in [-0.4, -0.2) is 24.1 Å². The number of aryl methyl sites for hydroxylation is 1. The molecule has 0 spiro atoms. The highest BCUT2D eigenvalue weighted by molar-refractivity contribution is 6.07. The molecular weight excluding hydrogens is 360 g/mol. The third kappa shape index (κ3) is 4.43. The Morgan fingerprint density at radius 1 is 0.897 bits per heavy atom. The summed E-state index contributed by atoms with van der Waals surface area (Å²) in [7, 11) is 0. The minimum absolute atomic E-state index is 0.00176. The molecule has 0 aliphatic carbocycles. The Morgan fingerprint density at radius 3 is 2.38 bits per heavy atom. The van der Waals surface area contributed by atoms with E-state index in [9.17, 15) is 9.90 Å². The second-order valence-electron chi connectivity index (χ2n) is 7.65. The zero-order chi connectivity index (χ0) is 20.2. The van der Waals surface area contributed by atoms with E-state index in [0.717, 1.165) is 42.7 Å². The van der Waals surface area contributed by atoms with Crippen LogP contribution in [-0.2, 0) is 0 Å². The molecule has 0 saturated carbocycles. The van der Waals surface area contributed by atoms with Gasteiger partial charge >= 0.3 is 0 Å². The molecule has 3 aromatic rings. The van der Waals surface area contributed by atoms with Crippen molar-refractivity contribution in [3.63, 3.8) is 0 Å². The number of nitrogens with zero attached hydrogens (tertiary/aromatic N) is 1. The lowest BCUT2D eigenvalue weighted by Gasteiger charge is -2.29. The minimum Gasteiger partial charge on any atom is -0.507 e. The van der Waals surface area contributed by atoms with Crippen molar-refractivity contribution in [1.82, 2.24) is 0 Å². The van der Waals surface area contributed by atoms with Crippen molar-refractivity contribution in [2.45, 2.75) is 26.2 Å². The number of carbonyl (C=O) groups is 1. The number of nitrogens with one attached hydrogen (secondary N) is 1. The Labute approximate surface area is 171 Å². The van der Waals surface area contributed by atoms with Gasteiger partial charge in [0.1, 0.15) is 5.75 Å². The molecule has 0 bridgehead atoms. The molecule has 0 atom stereocenters. The van der Waals surface area contributed by atoms with Crippen LogP contribution < -0.4 is 10.2 Å². The fraction of sp³-hybridized carbons (Fsp3) is 0.240. The van der Waals surface area contributed by atoms with E-state index in [2.05, 4.69) is 35.3 Å². The summed E-state index contributed by atoms with van der Waals surface area (Å²) in [6, 6.07) is 21.3. The Hall–Kier alpha value is -3.27. The highest BCUT2D eigenvalue weighted by Gasteiger charge is 2.17. The molecule has 0 radical (unpaired) electrons. The van der Waals surface area contributed by atoms with Crippen LogP contribution in [0.4, 0.5) is 11.4 Å². The fourth-order valence-electron chi connectivity index (χ4n) is 3.85. The third-order valence-corrected chi connectivity index (χ3v) is 5.42. The largest absolute Gasteiger partial charge is 0.507 e. The van der Waals surface area contributed by atoms with E-state index in [1.807, 2.05) is 36.4 Å². The summed E-state index contributed by atoms with van der Waals surface area (Å²) in [5.41, 5.74) is 5.33. The molecule has 1 aliphatic rings. The van der Waals surface area contributed by atoms with Gasteiger partial charge in [-0.25, -0.2) is 0 Å². The molecule has 0 unspecified atom stereocenters. The molecule has 4 nitrogen and oxygen atoms in total. The first-order valence-electron chi connectivity index (χ1n) is 10.2. The van der Waals surface area contributed by atoms with Gasteiger partial charge in [0.05, 0.1) is 5.56 Å². The number of hydrogen-bond acceptors (Lipinski definition) is 3. The molecule has 1 aliphatic heterocycles. The Balaban J connectivity index is 1.56.